The van der Waals surface area contributed by atoms with E-state index in [0.29, 0.717) is 13.0 Å². The number of fused-ring (bicyclic) bond motifs is 1. The van der Waals surface area contributed by atoms with Gasteiger partial charge in [-0.25, -0.2) is 0 Å². The van der Waals surface area contributed by atoms with Crippen LogP contribution >= 0.6 is 0 Å². The Morgan fingerprint density at radius 2 is 2.32 bits per heavy atom. The van der Waals surface area contributed by atoms with Crippen molar-refractivity contribution in [3.05, 3.63) is 29.3 Å². The smallest absolute Gasteiger partial charge is 0.320 e. The highest BCUT2D eigenvalue weighted by atomic mass is 16.5. The standard InChI is InChI=1S/C14H20N2O3/c15-12(14(17)18)4-7-16-6-3-10-1-2-13-11(9-10)5-8-19-13/h1-2,9,12,16H,3-8,15H2,(H,17,18). The summed E-state index contributed by atoms with van der Waals surface area (Å²) in [4.78, 5) is 10.5. The van der Waals surface area contributed by atoms with Gasteiger partial charge in [-0.3, -0.25) is 4.79 Å². The van der Waals surface area contributed by atoms with Crippen LogP contribution in [0.4, 0.5) is 0 Å². The van der Waals surface area contributed by atoms with Crippen molar-refractivity contribution in [3.8, 4) is 5.75 Å². The lowest BCUT2D eigenvalue weighted by Gasteiger charge is -2.08. The van der Waals surface area contributed by atoms with E-state index < -0.39 is 12.0 Å². The predicted molar refractivity (Wildman–Crippen MR) is 72.4 cm³/mol. The third-order valence-electron chi connectivity index (χ3n) is 3.29. The molecule has 19 heavy (non-hydrogen) atoms. The zero-order valence-electron chi connectivity index (χ0n) is 10.9. The van der Waals surface area contributed by atoms with Gasteiger partial charge in [-0.15, -0.1) is 0 Å². The second-order valence-electron chi connectivity index (χ2n) is 4.77. The summed E-state index contributed by atoms with van der Waals surface area (Å²) in [6.45, 7) is 2.23. The highest BCUT2D eigenvalue weighted by molar-refractivity contribution is 5.72. The predicted octanol–water partition coefficient (Wildman–Crippen LogP) is 0.556. The third kappa shape index (κ3) is 3.94. The number of carbonyl (C=O) groups is 1. The fraction of sp³-hybridized carbons (Fsp3) is 0.500. The number of aliphatic carboxylic acids is 1. The molecule has 5 heteroatoms. The quantitative estimate of drug-likeness (QED) is 0.626. The summed E-state index contributed by atoms with van der Waals surface area (Å²) < 4.78 is 5.46. The number of hydrogen-bond acceptors (Lipinski definition) is 4. The van der Waals surface area contributed by atoms with E-state index in [9.17, 15) is 4.79 Å². The molecule has 0 aromatic heterocycles. The normalized spacial score (nSPS) is 14.8. The van der Waals surface area contributed by atoms with Gasteiger partial charge in [-0.1, -0.05) is 12.1 Å². The first-order chi connectivity index (χ1) is 9.16. The topological polar surface area (TPSA) is 84.6 Å². The summed E-state index contributed by atoms with van der Waals surface area (Å²) in [5.74, 6) is 0.0598. The lowest BCUT2D eigenvalue weighted by molar-refractivity contribution is -0.138. The van der Waals surface area contributed by atoms with Gasteiger partial charge >= 0.3 is 5.97 Å². The molecular formula is C14H20N2O3. The summed E-state index contributed by atoms with van der Waals surface area (Å²) in [5.41, 5.74) is 7.98. The summed E-state index contributed by atoms with van der Waals surface area (Å²) in [6, 6.07) is 5.52. The molecule has 1 aliphatic heterocycles. The monoisotopic (exact) mass is 264 g/mol. The van der Waals surface area contributed by atoms with Crippen molar-refractivity contribution in [3.63, 3.8) is 0 Å². The van der Waals surface area contributed by atoms with Crippen LogP contribution in [-0.4, -0.2) is 36.8 Å². The van der Waals surface area contributed by atoms with Crippen LogP contribution in [0.3, 0.4) is 0 Å². The van der Waals surface area contributed by atoms with Gasteiger partial charge in [0.05, 0.1) is 6.61 Å². The molecule has 0 saturated heterocycles. The summed E-state index contributed by atoms with van der Waals surface area (Å²) in [6.07, 6.45) is 2.37. The van der Waals surface area contributed by atoms with E-state index in [0.717, 1.165) is 31.7 Å². The first-order valence-electron chi connectivity index (χ1n) is 6.60. The Hall–Kier alpha value is -1.59. The number of carboxylic acid groups (broad SMARTS) is 1. The van der Waals surface area contributed by atoms with E-state index in [-0.39, 0.29) is 0 Å². The highest BCUT2D eigenvalue weighted by Crippen LogP contribution is 2.25. The van der Waals surface area contributed by atoms with Crippen LogP contribution < -0.4 is 15.8 Å². The molecule has 1 unspecified atom stereocenters. The van der Waals surface area contributed by atoms with Crippen LogP contribution in [0.15, 0.2) is 18.2 Å². The van der Waals surface area contributed by atoms with E-state index in [1.54, 1.807) is 0 Å². The van der Waals surface area contributed by atoms with E-state index in [2.05, 4.69) is 17.4 Å². The van der Waals surface area contributed by atoms with Crippen molar-refractivity contribution < 1.29 is 14.6 Å². The van der Waals surface area contributed by atoms with Crippen LogP contribution in [0.25, 0.3) is 0 Å². The van der Waals surface area contributed by atoms with Crippen molar-refractivity contribution in [1.29, 1.82) is 0 Å². The second-order valence-corrected chi connectivity index (χ2v) is 4.77. The molecule has 0 amide bonds. The van der Waals surface area contributed by atoms with Gasteiger partial charge in [0.2, 0.25) is 0 Å². The molecule has 1 aromatic carbocycles. The number of ether oxygens (including phenoxy) is 1. The maximum Gasteiger partial charge on any atom is 0.320 e. The van der Waals surface area contributed by atoms with E-state index in [4.69, 9.17) is 15.6 Å². The molecule has 0 radical (unpaired) electrons. The number of benzene rings is 1. The Kier molecular flexibility index (Phi) is 4.76. The van der Waals surface area contributed by atoms with Gasteiger partial charge in [0.1, 0.15) is 11.8 Å². The van der Waals surface area contributed by atoms with Gasteiger partial charge in [0.15, 0.2) is 0 Å². The average molecular weight is 264 g/mol. The fourth-order valence-electron chi connectivity index (χ4n) is 2.13. The van der Waals surface area contributed by atoms with E-state index in [1.807, 2.05) is 6.07 Å². The van der Waals surface area contributed by atoms with E-state index >= 15 is 0 Å². The van der Waals surface area contributed by atoms with Crippen molar-refractivity contribution in [1.82, 2.24) is 5.32 Å². The molecule has 1 atom stereocenters. The van der Waals surface area contributed by atoms with Crippen molar-refractivity contribution in [2.24, 2.45) is 5.73 Å². The minimum Gasteiger partial charge on any atom is -0.493 e. The molecule has 0 fully saturated rings. The SMILES string of the molecule is NC(CCNCCc1ccc2c(c1)CCO2)C(=O)O. The van der Waals surface area contributed by atoms with Gasteiger partial charge in [0, 0.05) is 6.42 Å². The van der Waals surface area contributed by atoms with Crippen LogP contribution in [-0.2, 0) is 17.6 Å². The number of carboxylic acids is 1. The molecule has 0 bridgehead atoms. The van der Waals surface area contributed by atoms with Crippen LogP contribution in [0, 0.1) is 0 Å². The molecule has 104 valence electrons. The Morgan fingerprint density at radius 3 is 3.11 bits per heavy atom. The van der Waals surface area contributed by atoms with Gasteiger partial charge in [0.25, 0.3) is 0 Å². The van der Waals surface area contributed by atoms with Crippen molar-refractivity contribution in [2.75, 3.05) is 19.7 Å². The first-order valence-corrected chi connectivity index (χ1v) is 6.60. The molecular weight excluding hydrogens is 244 g/mol. The molecule has 2 rings (SSSR count). The molecule has 5 nitrogen and oxygen atoms in total. The second kappa shape index (κ2) is 6.54. The molecule has 0 spiro atoms. The lowest BCUT2D eigenvalue weighted by atomic mass is 10.1. The Morgan fingerprint density at radius 1 is 1.47 bits per heavy atom. The third-order valence-corrected chi connectivity index (χ3v) is 3.29. The molecule has 1 heterocycles. The van der Waals surface area contributed by atoms with Crippen molar-refractivity contribution in [2.45, 2.75) is 25.3 Å². The zero-order valence-corrected chi connectivity index (χ0v) is 10.9. The summed E-state index contributed by atoms with van der Waals surface area (Å²) in [7, 11) is 0. The summed E-state index contributed by atoms with van der Waals surface area (Å²) >= 11 is 0. The molecule has 4 N–H and O–H groups in total. The molecule has 1 aromatic rings. The number of hydrogen-bond donors (Lipinski definition) is 3. The number of nitrogens with one attached hydrogen (secondary N) is 1. The van der Waals surface area contributed by atoms with Crippen LogP contribution in [0.2, 0.25) is 0 Å². The van der Waals surface area contributed by atoms with Crippen LogP contribution in [0.5, 0.6) is 5.75 Å². The lowest BCUT2D eigenvalue weighted by Crippen LogP contribution is -2.34. The first kappa shape index (κ1) is 13.8. The Balaban J connectivity index is 1.67. The van der Waals surface area contributed by atoms with Gasteiger partial charge in [-0.2, -0.15) is 0 Å². The number of nitrogens with two attached hydrogens (primary N) is 1. The van der Waals surface area contributed by atoms with Gasteiger partial charge in [-0.05, 0) is 43.1 Å². The summed E-state index contributed by atoms with van der Waals surface area (Å²) in [5, 5.41) is 11.9. The maximum absolute atomic E-state index is 10.5. The minimum atomic E-state index is -0.944. The Bertz CT molecular complexity index is 448. The minimum absolute atomic E-state index is 0.452. The maximum atomic E-state index is 10.5. The molecule has 1 aliphatic rings. The molecule has 0 aliphatic carbocycles. The highest BCUT2D eigenvalue weighted by Gasteiger charge is 2.12. The average Bonchev–Trinajstić information content (AvgIpc) is 2.85. The fourth-order valence-corrected chi connectivity index (χ4v) is 2.13. The Labute approximate surface area is 112 Å². The molecule has 0 saturated carbocycles. The van der Waals surface area contributed by atoms with Crippen molar-refractivity contribution >= 4 is 5.97 Å². The largest absolute Gasteiger partial charge is 0.493 e. The van der Waals surface area contributed by atoms with Crippen LogP contribution in [0.1, 0.15) is 17.5 Å². The zero-order chi connectivity index (χ0) is 13.7. The van der Waals surface area contributed by atoms with Gasteiger partial charge < -0.3 is 20.9 Å². The van der Waals surface area contributed by atoms with E-state index in [1.165, 1.54) is 11.1 Å². The number of rotatable bonds is 7.